The molecule has 0 bridgehead atoms. The van der Waals surface area contributed by atoms with Gasteiger partial charge in [-0.3, -0.25) is 0 Å². The Labute approximate surface area is 156 Å². The van der Waals surface area contributed by atoms with E-state index >= 15 is 0 Å². The molecule has 0 amide bonds. The lowest BCUT2D eigenvalue weighted by Gasteiger charge is -2.62. The van der Waals surface area contributed by atoms with Gasteiger partial charge in [-0.1, -0.05) is 45.0 Å². The zero-order chi connectivity index (χ0) is 18.3. The number of benzene rings is 1. The van der Waals surface area contributed by atoms with Crippen LogP contribution in [0.15, 0.2) is 36.9 Å². The van der Waals surface area contributed by atoms with Gasteiger partial charge in [0.1, 0.15) is 0 Å². The molecule has 0 saturated heterocycles. The van der Waals surface area contributed by atoms with Gasteiger partial charge in [0, 0.05) is 27.4 Å². The monoisotopic (exact) mass is 349 g/mol. The Hall–Kier alpha value is -1.54. The van der Waals surface area contributed by atoms with Crippen molar-refractivity contribution in [2.75, 3.05) is 0 Å². The first kappa shape index (κ1) is 16.6. The minimum atomic E-state index is -0.248. The number of hydrogen-bond acceptors (Lipinski definition) is 1. The molecule has 138 valence electrons. The molecule has 2 heteroatoms. The summed E-state index contributed by atoms with van der Waals surface area (Å²) < 4.78 is 0. The van der Waals surface area contributed by atoms with Crippen LogP contribution in [0.2, 0.25) is 0 Å². The van der Waals surface area contributed by atoms with Crippen LogP contribution in [0.3, 0.4) is 0 Å². The summed E-state index contributed by atoms with van der Waals surface area (Å²) in [5.74, 6) is 1.16. The van der Waals surface area contributed by atoms with Gasteiger partial charge in [-0.25, -0.2) is 0 Å². The van der Waals surface area contributed by atoms with E-state index in [4.69, 9.17) is 0 Å². The summed E-state index contributed by atoms with van der Waals surface area (Å²) in [6.07, 6.45) is 7.40. The van der Waals surface area contributed by atoms with Gasteiger partial charge in [0.15, 0.2) is 0 Å². The highest BCUT2D eigenvalue weighted by molar-refractivity contribution is 5.86. The molecule has 2 N–H and O–H groups in total. The number of fused-ring (bicyclic) bond motifs is 7. The van der Waals surface area contributed by atoms with E-state index in [1.807, 2.05) is 0 Å². The van der Waals surface area contributed by atoms with Gasteiger partial charge < -0.3 is 10.1 Å². The van der Waals surface area contributed by atoms with E-state index < -0.39 is 0 Å². The molecule has 5 rings (SSSR count). The molecule has 2 nitrogen and oxygen atoms in total. The molecule has 26 heavy (non-hydrogen) atoms. The number of hydrogen-bond donors (Lipinski definition) is 2. The Morgan fingerprint density at radius 2 is 1.88 bits per heavy atom. The molecule has 3 aliphatic carbocycles. The fourth-order valence-corrected chi connectivity index (χ4v) is 7.42. The Morgan fingerprint density at radius 3 is 2.65 bits per heavy atom. The number of aromatic amines is 1. The van der Waals surface area contributed by atoms with Gasteiger partial charge in [0.2, 0.25) is 0 Å². The molecular formula is C24H31NO. The van der Waals surface area contributed by atoms with Crippen molar-refractivity contribution in [1.29, 1.82) is 0 Å². The summed E-state index contributed by atoms with van der Waals surface area (Å²) in [4.78, 5) is 3.80. The highest BCUT2D eigenvalue weighted by atomic mass is 16.3. The van der Waals surface area contributed by atoms with E-state index in [0.717, 1.165) is 12.8 Å². The Bertz CT molecular complexity index is 897. The van der Waals surface area contributed by atoms with Crippen LogP contribution in [-0.4, -0.2) is 16.2 Å². The molecule has 2 aromatic rings. The van der Waals surface area contributed by atoms with Crippen LogP contribution >= 0.6 is 0 Å². The van der Waals surface area contributed by atoms with Crippen molar-refractivity contribution in [2.24, 2.45) is 22.7 Å². The minimum absolute atomic E-state index is 0.160. The van der Waals surface area contributed by atoms with Gasteiger partial charge in [-0.15, -0.1) is 6.58 Å². The number of rotatable bonds is 1. The normalized spacial score (nSPS) is 44.4. The van der Waals surface area contributed by atoms with Crippen LogP contribution < -0.4 is 0 Å². The molecule has 1 heterocycles. The summed E-state index contributed by atoms with van der Waals surface area (Å²) >= 11 is 0. The van der Waals surface area contributed by atoms with Crippen molar-refractivity contribution in [1.82, 2.24) is 4.98 Å². The Kier molecular flexibility index (Phi) is 3.22. The van der Waals surface area contributed by atoms with Crippen LogP contribution in [0.5, 0.6) is 0 Å². The van der Waals surface area contributed by atoms with E-state index in [-0.39, 0.29) is 22.3 Å². The van der Waals surface area contributed by atoms with Crippen LogP contribution in [0.4, 0.5) is 0 Å². The number of aromatic nitrogens is 1. The van der Waals surface area contributed by atoms with Crippen LogP contribution in [-0.2, 0) is 11.8 Å². The van der Waals surface area contributed by atoms with Crippen molar-refractivity contribution < 1.29 is 5.11 Å². The largest absolute Gasteiger partial charge is 0.392 e. The smallest absolute Gasteiger partial charge is 0.0631 e. The number of aliphatic hydroxyl groups excluding tert-OH is 1. The molecule has 0 radical (unpaired) electrons. The van der Waals surface area contributed by atoms with E-state index in [0.29, 0.717) is 11.8 Å². The molecule has 1 aromatic carbocycles. The summed E-state index contributed by atoms with van der Waals surface area (Å²) in [5.41, 5.74) is 4.67. The molecule has 2 fully saturated rings. The zero-order valence-corrected chi connectivity index (χ0v) is 16.3. The van der Waals surface area contributed by atoms with E-state index in [9.17, 15) is 5.11 Å². The molecule has 0 unspecified atom stereocenters. The maximum atomic E-state index is 10.8. The van der Waals surface area contributed by atoms with Gasteiger partial charge in [-0.05, 0) is 61.0 Å². The Balaban J connectivity index is 1.64. The van der Waals surface area contributed by atoms with E-state index in [2.05, 4.69) is 62.7 Å². The van der Waals surface area contributed by atoms with Gasteiger partial charge >= 0.3 is 0 Å². The van der Waals surface area contributed by atoms with Gasteiger partial charge in [0.25, 0.3) is 0 Å². The first-order valence-corrected chi connectivity index (χ1v) is 10.3. The van der Waals surface area contributed by atoms with Crippen LogP contribution in [0.1, 0.15) is 57.7 Å². The second-order valence-electron chi connectivity index (χ2n) is 9.92. The van der Waals surface area contributed by atoms with E-state index in [1.54, 1.807) is 5.56 Å². The standard InChI is InChI=1S/C24H31NO/c1-5-22(2)18-10-12-24(4)19(23(18,3)13-11-20(22)26)14-16-15-8-6-7-9-17(15)25-21(16)24/h5-9,18-20,25-26H,1,10-14H2,2-4H3/t18-,19+,20-,22-,23-,24+/m0/s1. The van der Waals surface area contributed by atoms with Crippen LogP contribution in [0.25, 0.3) is 10.9 Å². The lowest BCUT2D eigenvalue weighted by Crippen LogP contribution is -2.59. The predicted octanol–water partition coefficient (Wildman–Crippen LogP) is 5.36. The molecule has 0 aliphatic heterocycles. The van der Waals surface area contributed by atoms with E-state index in [1.165, 1.54) is 35.9 Å². The van der Waals surface area contributed by atoms with Crippen molar-refractivity contribution >= 4 is 10.9 Å². The van der Waals surface area contributed by atoms with Crippen molar-refractivity contribution in [3.63, 3.8) is 0 Å². The number of H-pyrrole nitrogens is 1. The predicted molar refractivity (Wildman–Crippen MR) is 107 cm³/mol. The lowest BCUT2D eigenvalue weighted by molar-refractivity contribution is -0.138. The number of para-hydroxylation sites is 1. The fourth-order valence-electron chi connectivity index (χ4n) is 7.42. The SMILES string of the molecule is C=C[C@]1(C)[C@@H](O)CC[C@]2(C)[C@H]3Cc4c([nH]c5ccccc45)[C@]3(C)CC[C@@H]12. The maximum Gasteiger partial charge on any atom is 0.0631 e. The summed E-state index contributed by atoms with van der Waals surface area (Å²) in [7, 11) is 0. The minimum Gasteiger partial charge on any atom is -0.392 e. The molecular weight excluding hydrogens is 318 g/mol. The molecule has 6 atom stereocenters. The first-order chi connectivity index (χ1) is 12.3. The quantitative estimate of drug-likeness (QED) is 0.668. The molecule has 1 aromatic heterocycles. The molecule has 3 aliphatic rings. The maximum absolute atomic E-state index is 10.8. The van der Waals surface area contributed by atoms with Crippen molar-refractivity contribution in [3.8, 4) is 0 Å². The molecule has 2 saturated carbocycles. The summed E-state index contributed by atoms with van der Waals surface area (Å²) in [5, 5.41) is 12.2. The average Bonchev–Trinajstić information content (AvgIpc) is 3.14. The Morgan fingerprint density at radius 1 is 1.12 bits per heavy atom. The average molecular weight is 350 g/mol. The lowest BCUT2D eigenvalue weighted by atomic mass is 9.43. The van der Waals surface area contributed by atoms with Gasteiger partial charge in [0.05, 0.1) is 6.10 Å². The number of nitrogens with one attached hydrogen (secondary N) is 1. The molecule has 0 spiro atoms. The highest BCUT2D eigenvalue weighted by Gasteiger charge is 2.63. The highest BCUT2D eigenvalue weighted by Crippen LogP contribution is 2.68. The van der Waals surface area contributed by atoms with Gasteiger partial charge in [-0.2, -0.15) is 0 Å². The fraction of sp³-hybridized carbons (Fsp3) is 0.583. The summed E-state index contributed by atoms with van der Waals surface area (Å²) in [6.45, 7) is 11.4. The summed E-state index contributed by atoms with van der Waals surface area (Å²) in [6, 6.07) is 8.79. The third-order valence-corrected chi connectivity index (χ3v) is 8.97. The second kappa shape index (κ2) is 5.04. The first-order valence-electron chi connectivity index (χ1n) is 10.3. The topological polar surface area (TPSA) is 36.0 Å². The zero-order valence-electron chi connectivity index (χ0n) is 16.3. The van der Waals surface area contributed by atoms with Crippen molar-refractivity contribution in [2.45, 2.75) is 64.4 Å². The second-order valence-corrected chi connectivity index (χ2v) is 9.92. The third kappa shape index (κ3) is 1.77. The van der Waals surface area contributed by atoms with Crippen LogP contribution in [0, 0.1) is 22.7 Å². The number of aliphatic hydroxyl groups is 1. The third-order valence-electron chi connectivity index (χ3n) is 8.97. The van der Waals surface area contributed by atoms with Crippen molar-refractivity contribution in [3.05, 3.63) is 48.2 Å².